The maximum absolute atomic E-state index is 12.4. The second-order valence-electron chi connectivity index (χ2n) is 4.82. The number of aryl methyl sites for hydroxylation is 2. The molecule has 0 radical (unpaired) electrons. The molecule has 106 valence electrons. The zero-order chi connectivity index (χ0) is 15.2. The predicted molar refractivity (Wildman–Crippen MR) is 86.2 cm³/mol. The van der Waals surface area contributed by atoms with Crippen molar-refractivity contribution < 1.29 is 4.79 Å². The largest absolute Gasteiger partial charge is 0.321 e. The normalized spacial score (nSPS) is 9.67. The summed E-state index contributed by atoms with van der Waals surface area (Å²) in [5.74, 6) is 5.67. The maximum Gasteiger partial charge on any atom is 0.255 e. The van der Waals surface area contributed by atoms with E-state index < -0.39 is 0 Å². The van der Waals surface area contributed by atoms with Crippen molar-refractivity contribution in [1.29, 1.82) is 0 Å². The molecule has 0 aliphatic rings. The molecule has 0 bridgehead atoms. The van der Waals surface area contributed by atoms with E-state index in [0.717, 1.165) is 16.7 Å². The van der Waals surface area contributed by atoms with Gasteiger partial charge in [0.25, 0.3) is 5.91 Å². The number of nitrogens with two attached hydrogens (primary N) is 1. The molecular formula is C18H18N2O. The minimum Gasteiger partial charge on any atom is -0.321 e. The molecule has 0 saturated heterocycles. The van der Waals surface area contributed by atoms with E-state index >= 15 is 0 Å². The molecule has 0 unspecified atom stereocenters. The van der Waals surface area contributed by atoms with Crippen LogP contribution in [0.2, 0.25) is 0 Å². The van der Waals surface area contributed by atoms with Crippen molar-refractivity contribution in [3.63, 3.8) is 0 Å². The van der Waals surface area contributed by atoms with Crippen molar-refractivity contribution in [3.8, 4) is 11.8 Å². The monoisotopic (exact) mass is 278 g/mol. The summed E-state index contributed by atoms with van der Waals surface area (Å²) < 4.78 is 0. The zero-order valence-electron chi connectivity index (χ0n) is 12.2. The van der Waals surface area contributed by atoms with Gasteiger partial charge in [-0.25, -0.2) is 0 Å². The molecule has 0 saturated carbocycles. The minimum atomic E-state index is -0.130. The highest BCUT2D eigenvalue weighted by molar-refractivity contribution is 6.05. The van der Waals surface area contributed by atoms with Gasteiger partial charge in [0, 0.05) is 11.1 Å². The van der Waals surface area contributed by atoms with E-state index in [2.05, 4.69) is 17.2 Å². The van der Waals surface area contributed by atoms with Crippen LogP contribution in [-0.4, -0.2) is 12.5 Å². The molecule has 1 amide bonds. The van der Waals surface area contributed by atoms with Crippen molar-refractivity contribution in [2.75, 3.05) is 11.9 Å². The Morgan fingerprint density at radius 2 is 1.95 bits per heavy atom. The topological polar surface area (TPSA) is 55.1 Å². The van der Waals surface area contributed by atoms with Gasteiger partial charge in [0.05, 0.1) is 12.2 Å². The number of benzene rings is 2. The van der Waals surface area contributed by atoms with Crippen LogP contribution in [0.5, 0.6) is 0 Å². The fourth-order valence-electron chi connectivity index (χ4n) is 2.03. The molecule has 2 rings (SSSR count). The molecule has 0 atom stereocenters. The van der Waals surface area contributed by atoms with Crippen molar-refractivity contribution in [1.82, 2.24) is 0 Å². The first-order valence-electron chi connectivity index (χ1n) is 6.78. The number of rotatable bonds is 2. The lowest BCUT2D eigenvalue weighted by Crippen LogP contribution is -2.14. The zero-order valence-corrected chi connectivity index (χ0v) is 12.2. The van der Waals surface area contributed by atoms with Crippen molar-refractivity contribution in [3.05, 3.63) is 64.7 Å². The van der Waals surface area contributed by atoms with Gasteiger partial charge in [0.2, 0.25) is 0 Å². The number of carbonyl (C=O) groups excluding carboxylic acids is 1. The minimum absolute atomic E-state index is 0.130. The van der Waals surface area contributed by atoms with E-state index in [4.69, 9.17) is 5.73 Å². The number of carbonyl (C=O) groups is 1. The van der Waals surface area contributed by atoms with Crippen LogP contribution < -0.4 is 11.1 Å². The van der Waals surface area contributed by atoms with Crippen LogP contribution in [-0.2, 0) is 0 Å². The van der Waals surface area contributed by atoms with E-state index in [0.29, 0.717) is 17.8 Å². The Bertz CT molecular complexity index is 723. The molecular weight excluding hydrogens is 260 g/mol. The van der Waals surface area contributed by atoms with Gasteiger partial charge in [0.1, 0.15) is 0 Å². The van der Waals surface area contributed by atoms with Gasteiger partial charge in [-0.05, 0) is 43.2 Å². The van der Waals surface area contributed by atoms with E-state index in [1.165, 1.54) is 0 Å². The summed E-state index contributed by atoms with van der Waals surface area (Å²) in [5.41, 5.74) is 9.56. The molecule has 0 aromatic heterocycles. The molecule has 0 fully saturated rings. The first-order chi connectivity index (χ1) is 10.1. The summed E-state index contributed by atoms with van der Waals surface area (Å²) in [5, 5.41) is 2.94. The molecule has 3 N–H and O–H groups in total. The Kier molecular flexibility index (Phi) is 4.76. The third-order valence-electron chi connectivity index (χ3n) is 3.14. The van der Waals surface area contributed by atoms with Gasteiger partial charge in [0.15, 0.2) is 0 Å². The number of anilines is 1. The quantitative estimate of drug-likeness (QED) is 0.830. The number of hydrogen-bond acceptors (Lipinski definition) is 2. The van der Waals surface area contributed by atoms with Crippen LogP contribution in [0, 0.1) is 25.7 Å². The average molecular weight is 278 g/mol. The summed E-state index contributed by atoms with van der Waals surface area (Å²) in [4.78, 5) is 12.4. The van der Waals surface area contributed by atoms with Gasteiger partial charge < -0.3 is 11.1 Å². The molecule has 3 nitrogen and oxygen atoms in total. The van der Waals surface area contributed by atoms with E-state index in [1.807, 2.05) is 56.3 Å². The SMILES string of the molecule is Cc1ccc(C#CCN)c(NC(=O)c2ccccc2C)c1. The highest BCUT2D eigenvalue weighted by Crippen LogP contribution is 2.18. The van der Waals surface area contributed by atoms with Crippen LogP contribution in [0.4, 0.5) is 5.69 Å². The van der Waals surface area contributed by atoms with Crippen molar-refractivity contribution >= 4 is 11.6 Å². The second-order valence-corrected chi connectivity index (χ2v) is 4.82. The average Bonchev–Trinajstić information content (AvgIpc) is 2.47. The Labute approximate surface area is 125 Å². The molecule has 0 heterocycles. The van der Waals surface area contributed by atoms with Gasteiger partial charge in [-0.15, -0.1) is 0 Å². The summed E-state index contributed by atoms with van der Waals surface area (Å²) in [6, 6.07) is 13.3. The first-order valence-corrected chi connectivity index (χ1v) is 6.78. The van der Waals surface area contributed by atoms with Crippen LogP contribution in [0.3, 0.4) is 0 Å². The van der Waals surface area contributed by atoms with Gasteiger partial charge in [-0.2, -0.15) is 0 Å². The highest BCUT2D eigenvalue weighted by atomic mass is 16.1. The number of hydrogen-bond donors (Lipinski definition) is 2. The van der Waals surface area contributed by atoms with E-state index in [1.54, 1.807) is 0 Å². The van der Waals surface area contributed by atoms with Crippen molar-refractivity contribution in [2.45, 2.75) is 13.8 Å². The highest BCUT2D eigenvalue weighted by Gasteiger charge is 2.10. The molecule has 21 heavy (non-hydrogen) atoms. The van der Waals surface area contributed by atoms with Gasteiger partial charge in [-0.3, -0.25) is 4.79 Å². The fourth-order valence-corrected chi connectivity index (χ4v) is 2.03. The Morgan fingerprint density at radius 3 is 2.67 bits per heavy atom. The lowest BCUT2D eigenvalue weighted by Gasteiger charge is -2.10. The van der Waals surface area contributed by atoms with Crippen LogP contribution >= 0.6 is 0 Å². The van der Waals surface area contributed by atoms with Crippen LogP contribution in [0.25, 0.3) is 0 Å². The number of nitrogens with one attached hydrogen (secondary N) is 1. The van der Waals surface area contributed by atoms with Crippen LogP contribution in [0.1, 0.15) is 27.0 Å². The smallest absolute Gasteiger partial charge is 0.255 e. The molecule has 2 aromatic carbocycles. The Morgan fingerprint density at radius 1 is 1.19 bits per heavy atom. The Balaban J connectivity index is 2.33. The summed E-state index contributed by atoms with van der Waals surface area (Å²) >= 11 is 0. The molecule has 0 aliphatic heterocycles. The third-order valence-corrected chi connectivity index (χ3v) is 3.14. The van der Waals surface area contributed by atoms with Gasteiger partial charge >= 0.3 is 0 Å². The van der Waals surface area contributed by atoms with E-state index in [9.17, 15) is 4.79 Å². The maximum atomic E-state index is 12.4. The standard InChI is InChI=1S/C18H18N2O/c1-13-9-10-15(7-5-11-19)17(12-13)20-18(21)16-8-4-3-6-14(16)2/h3-4,6,8-10,12H,11,19H2,1-2H3,(H,20,21). The first kappa shape index (κ1) is 14.8. The Hall–Kier alpha value is -2.57. The number of amides is 1. The molecule has 3 heteroatoms. The third kappa shape index (κ3) is 3.71. The lowest BCUT2D eigenvalue weighted by molar-refractivity contribution is 0.102. The lowest BCUT2D eigenvalue weighted by atomic mass is 10.1. The summed E-state index contributed by atoms with van der Waals surface area (Å²) in [6.07, 6.45) is 0. The molecule has 2 aromatic rings. The van der Waals surface area contributed by atoms with E-state index in [-0.39, 0.29) is 5.91 Å². The molecule has 0 spiro atoms. The van der Waals surface area contributed by atoms with Crippen molar-refractivity contribution in [2.24, 2.45) is 5.73 Å². The second kappa shape index (κ2) is 6.74. The molecule has 0 aliphatic carbocycles. The summed E-state index contributed by atoms with van der Waals surface area (Å²) in [6.45, 7) is 4.18. The van der Waals surface area contributed by atoms with Crippen LogP contribution in [0.15, 0.2) is 42.5 Å². The predicted octanol–water partition coefficient (Wildman–Crippen LogP) is 2.87. The summed E-state index contributed by atoms with van der Waals surface area (Å²) in [7, 11) is 0. The van der Waals surface area contributed by atoms with Gasteiger partial charge in [-0.1, -0.05) is 36.1 Å². The fraction of sp³-hybridized carbons (Fsp3) is 0.167.